The second-order valence-corrected chi connectivity index (χ2v) is 7.02. The molecule has 5 atom stereocenters. The first-order valence-corrected chi connectivity index (χ1v) is 8.15. The molecule has 0 radical (unpaired) electrons. The molecule has 6 nitrogen and oxygen atoms in total. The van der Waals surface area contributed by atoms with Gasteiger partial charge in [0.25, 0.3) is 0 Å². The standard InChI is InChI=1S/C19H22O6/c1-9(2)17(20)23-13-6-10(3)7-19(22)8-11(4)15(25-19)16-14(13)12(5)18(21)24-16/h7-8,13-16,22H,1,5-6H2,2-4H3/b10-7+/t13-,14+,15?,16-,19?/m0/s1. The molecule has 1 saturated heterocycles. The smallest absolute Gasteiger partial charge is 0.334 e. The zero-order valence-electron chi connectivity index (χ0n) is 14.6. The van der Waals surface area contributed by atoms with Crippen LogP contribution < -0.4 is 0 Å². The first-order chi connectivity index (χ1) is 11.6. The maximum Gasteiger partial charge on any atom is 0.334 e. The van der Waals surface area contributed by atoms with E-state index in [1.165, 1.54) is 0 Å². The van der Waals surface area contributed by atoms with Gasteiger partial charge >= 0.3 is 11.9 Å². The van der Waals surface area contributed by atoms with Gasteiger partial charge in [-0.25, -0.2) is 9.59 Å². The van der Waals surface area contributed by atoms with Gasteiger partial charge in [-0.3, -0.25) is 0 Å². The van der Waals surface area contributed by atoms with Crippen molar-refractivity contribution in [1.29, 1.82) is 0 Å². The summed E-state index contributed by atoms with van der Waals surface area (Å²) in [6, 6.07) is 0. The zero-order valence-corrected chi connectivity index (χ0v) is 14.6. The fraction of sp³-hybridized carbons (Fsp3) is 0.474. The van der Waals surface area contributed by atoms with Gasteiger partial charge in [0.2, 0.25) is 5.79 Å². The second kappa shape index (κ2) is 5.97. The van der Waals surface area contributed by atoms with Gasteiger partial charge < -0.3 is 19.3 Å². The Morgan fingerprint density at radius 3 is 2.72 bits per heavy atom. The van der Waals surface area contributed by atoms with Crippen molar-refractivity contribution in [2.45, 2.75) is 51.3 Å². The fourth-order valence-electron chi connectivity index (χ4n) is 3.64. The lowest BCUT2D eigenvalue weighted by Gasteiger charge is -2.30. The van der Waals surface area contributed by atoms with E-state index in [-0.39, 0.29) is 11.1 Å². The highest BCUT2D eigenvalue weighted by atomic mass is 16.7. The Morgan fingerprint density at radius 1 is 1.40 bits per heavy atom. The molecule has 0 spiro atoms. The van der Waals surface area contributed by atoms with E-state index >= 15 is 0 Å². The van der Waals surface area contributed by atoms with E-state index in [1.54, 1.807) is 32.9 Å². The van der Waals surface area contributed by atoms with Crippen molar-refractivity contribution >= 4 is 11.9 Å². The van der Waals surface area contributed by atoms with E-state index in [1.807, 2.05) is 0 Å². The third-order valence-corrected chi connectivity index (χ3v) is 4.74. The van der Waals surface area contributed by atoms with Gasteiger partial charge in [0.1, 0.15) is 18.3 Å². The molecule has 2 unspecified atom stereocenters. The molecule has 0 aliphatic carbocycles. The summed E-state index contributed by atoms with van der Waals surface area (Å²) in [5.74, 6) is -3.21. The molecule has 0 aromatic heterocycles. The van der Waals surface area contributed by atoms with Crippen LogP contribution in [0.4, 0.5) is 0 Å². The lowest BCUT2D eigenvalue weighted by molar-refractivity contribution is -0.178. The molecule has 6 heteroatoms. The van der Waals surface area contributed by atoms with Crippen LogP contribution in [0.25, 0.3) is 0 Å². The van der Waals surface area contributed by atoms with Gasteiger partial charge in [-0.1, -0.05) is 18.7 Å². The minimum absolute atomic E-state index is 0.242. The first-order valence-electron chi connectivity index (χ1n) is 8.15. The molecular formula is C19H22O6. The van der Waals surface area contributed by atoms with Crippen LogP contribution in [0.3, 0.4) is 0 Å². The fourth-order valence-corrected chi connectivity index (χ4v) is 3.64. The maximum atomic E-state index is 12.1. The first kappa shape index (κ1) is 17.6. The monoisotopic (exact) mass is 346 g/mol. The molecule has 1 N–H and O–H groups in total. The Labute approximate surface area is 146 Å². The van der Waals surface area contributed by atoms with E-state index in [2.05, 4.69) is 13.2 Å². The molecule has 3 rings (SSSR count). The minimum atomic E-state index is -1.56. The molecule has 1 fully saturated rings. The van der Waals surface area contributed by atoms with E-state index in [0.717, 1.165) is 11.1 Å². The highest BCUT2D eigenvalue weighted by Crippen LogP contribution is 2.43. The molecule has 25 heavy (non-hydrogen) atoms. The molecule has 3 aliphatic rings. The van der Waals surface area contributed by atoms with Crippen molar-refractivity contribution in [2.24, 2.45) is 5.92 Å². The number of hydrogen-bond donors (Lipinski definition) is 1. The Morgan fingerprint density at radius 2 is 2.08 bits per heavy atom. The van der Waals surface area contributed by atoms with Crippen molar-refractivity contribution in [2.75, 3.05) is 0 Å². The van der Waals surface area contributed by atoms with Crippen molar-refractivity contribution in [1.82, 2.24) is 0 Å². The highest BCUT2D eigenvalue weighted by Gasteiger charge is 2.53. The van der Waals surface area contributed by atoms with E-state index in [0.29, 0.717) is 6.42 Å². The zero-order chi connectivity index (χ0) is 18.5. The van der Waals surface area contributed by atoms with Crippen LogP contribution in [0, 0.1) is 5.92 Å². The molecule has 0 aromatic carbocycles. The van der Waals surface area contributed by atoms with Crippen LogP contribution in [0.2, 0.25) is 0 Å². The molecule has 3 aliphatic heterocycles. The average Bonchev–Trinajstić information content (AvgIpc) is 2.95. The second-order valence-electron chi connectivity index (χ2n) is 7.02. The Bertz CT molecular complexity index is 730. The third kappa shape index (κ3) is 3.07. The largest absolute Gasteiger partial charge is 0.458 e. The van der Waals surface area contributed by atoms with Crippen LogP contribution in [-0.2, 0) is 23.8 Å². The van der Waals surface area contributed by atoms with E-state index < -0.39 is 42.0 Å². The van der Waals surface area contributed by atoms with Gasteiger partial charge in [-0.05, 0) is 38.5 Å². The normalized spacial score (nSPS) is 39.2. The molecule has 3 heterocycles. The lowest BCUT2D eigenvalue weighted by Crippen LogP contribution is -2.41. The summed E-state index contributed by atoms with van der Waals surface area (Å²) in [6.07, 6.45) is 1.50. The molecule has 0 saturated carbocycles. The predicted octanol–water partition coefficient (Wildman–Crippen LogP) is 1.96. The van der Waals surface area contributed by atoms with Crippen LogP contribution in [-0.4, -0.2) is 41.1 Å². The van der Waals surface area contributed by atoms with Gasteiger partial charge in [-0.15, -0.1) is 0 Å². The van der Waals surface area contributed by atoms with Crippen molar-refractivity contribution < 1.29 is 28.9 Å². The topological polar surface area (TPSA) is 82.1 Å². The number of carbonyl (C=O) groups is 2. The van der Waals surface area contributed by atoms with Gasteiger partial charge in [-0.2, -0.15) is 0 Å². The summed E-state index contributed by atoms with van der Waals surface area (Å²) in [6.45, 7) is 12.6. The quantitative estimate of drug-likeness (QED) is 0.468. The van der Waals surface area contributed by atoms with Gasteiger partial charge in [0.15, 0.2) is 0 Å². The summed E-state index contributed by atoms with van der Waals surface area (Å²) < 4.78 is 16.8. The number of esters is 2. The van der Waals surface area contributed by atoms with Gasteiger partial charge in [0, 0.05) is 17.6 Å². The number of aliphatic hydroxyl groups is 1. The van der Waals surface area contributed by atoms with Crippen LogP contribution in [0.15, 0.2) is 47.6 Å². The highest BCUT2D eigenvalue weighted by molar-refractivity contribution is 5.91. The maximum absolute atomic E-state index is 12.1. The summed E-state index contributed by atoms with van der Waals surface area (Å²) >= 11 is 0. The Balaban J connectivity index is 2.05. The van der Waals surface area contributed by atoms with E-state index in [4.69, 9.17) is 14.2 Å². The van der Waals surface area contributed by atoms with Crippen molar-refractivity contribution in [3.63, 3.8) is 0 Å². The van der Waals surface area contributed by atoms with Gasteiger partial charge in [0.05, 0.1) is 5.92 Å². The summed E-state index contributed by atoms with van der Waals surface area (Å²) in [4.78, 5) is 24.2. The SMILES string of the molecule is C=C(C)C(=O)O[C@H]1C/C(C)=C/C2(O)C=C(C)C(O2)[C@H]2OC(=O)C(=C)[C@H]12. The van der Waals surface area contributed by atoms with E-state index in [9.17, 15) is 14.7 Å². The van der Waals surface area contributed by atoms with Crippen molar-refractivity contribution in [3.05, 3.63) is 47.6 Å². The van der Waals surface area contributed by atoms with Crippen LogP contribution >= 0.6 is 0 Å². The minimum Gasteiger partial charge on any atom is -0.458 e. The number of rotatable bonds is 2. The molecule has 0 amide bonds. The lowest BCUT2D eigenvalue weighted by atomic mass is 9.83. The van der Waals surface area contributed by atoms with Crippen LogP contribution in [0.1, 0.15) is 27.2 Å². The average molecular weight is 346 g/mol. The molecule has 134 valence electrons. The molecular weight excluding hydrogens is 324 g/mol. The number of hydrogen-bond acceptors (Lipinski definition) is 6. The molecule has 0 aromatic rings. The third-order valence-electron chi connectivity index (χ3n) is 4.74. The van der Waals surface area contributed by atoms with Crippen LogP contribution in [0.5, 0.6) is 0 Å². The predicted molar refractivity (Wildman–Crippen MR) is 89.2 cm³/mol. The Hall–Kier alpha value is -2.18. The Kier molecular flexibility index (Phi) is 4.21. The summed E-state index contributed by atoms with van der Waals surface area (Å²) in [7, 11) is 0. The number of ether oxygens (including phenoxy) is 3. The number of fused-ring (bicyclic) bond motifs is 4. The number of carbonyl (C=O) groups excluding carboxylic acids is 2. The summed E-state index contributed by atoms with van der Waals surface area (Å²) in [5.41, 5.74) is 2.02. The summed E-state index contributed by atoms with van der Waals surface area (Å²) in [5, 5.41) is 10.6. The van der Waals surface area contributed by atoms with Crippen molar-refractivity contribution in [3.8, 4) is 0 Å². The molecule has 2 bridgehead atoms.